The Morgan fingerprint density at radius 3 is 2.53 bits per heavy atom. The van der Waals surface area contributed by atoms with E-state index in [1.54, 1.807) is 12.3 Å². The predicted molar refractivity (Wildman–Crippen MR) is 83.4 cm³/mol. The average molecular weight is 261 g/mol. The second-order valence-electron chi connectivity index (χ2n) is 6.12. The van der Waals surface area contributed by atoms with Crippen LogP contribution >= 0.6 is 0 Å². The van der Waals surface area contributed by atoms with E-state index >= 15 is 0 Å². The van der Waals surface area contributed by atoms with Crippen LogP contribution in [0.2, 0.25) is 0 Å². The van der Waals surface area contributed by atoms with E-state index in [0.717, 1.165) is 18.5 Å². The molecule has 0 saturated carbocycles. The predicted octanol–water partition coefficient (Wildman–Crippen LogP) is 4.69. The van der Waals surface area contributed by atoms with Crippen LogP contribution in [0.15, 0.2) is 23.2 Å². The third-order valence-electron chi connectivity index (χ3n) is 3.26. The number of hydrogen-bond donors (Lipinski definition) is 1. The highest BCUT2D eigenvalue weighted by molar-refractivity contribution is 5.83. The minimum Gasteiger partial charge on any atom is -0.507 e. The summed E-state index contributed by atoms with van der Waals surface area (Å²) >= 11 is 0. The van der Waals surface area contributed by atoms with Gasteiger partial charge in [-0.2, -0.15) is 0 Å². The van der Waals surface area contributed by atoms with Crippen LogP contribution in [0.1, 0.15) is 64.5 Å². The molecule has 1 aromatic carbocycles. The summed E-state index contributed by atoms with van der Waals surface area (Å²) in [5.41, 5.74) is 2.14. The highest BCUT2D eigenvalue weighted by atomic mass is 16.3. The summed E-state index contributed by atoms with van der Waals surface area (Å²) in [5.74, 6) is 0.310. The number of aromatic hydroxyl groups is 1. The van der Waals surface area contributed by atoms with Gasteiger partial charge in [0.15, 0.2) is 0 Å². The van der Waals surface area contributed by atoms with Gasteiger partial charge in [0.25, 0.3) is 0 Å². The van der Waals surface area contributed by atoms with E-state index in [1.165, 1.54) is 24.8 Å². The second-order valence-corrected chi connectivity index (χ2v) is 6.12. The van der Waals surface area contributed by atoms with Gasteiger partial charge in [-0.3, -0.25) is 4.99 Å². The van der Waals surface area contributed by atoms with Crippen molar-refractivity contribution in [3.05, 3.63) is 29.3 Å². The Bertz CT molecular complexity index is 416. The maximum atomic E-state index is 9.85. The molecule has 1 rings (SSSR count). The van der Waals surface area contributed by atoms with Crippen LogP contribution in [0.4, 0.5) is 0 Å². The molecule has 0 aliphatic heterocycles. The SMILES string of the molecule is CCCCCC/N=C/c1cc(C(C)(C)C)ccc1O. The standard InChI is InChI=1S/C17H27NO/c1-5-6-7-8-11-18-13-14-12-15(17(2,3)4)9-10-16(14)19/h9-10,12-13,19H,5-8,11H2,1-4H3/b18-13+. The lowest BCUT2D eigenvalue weighted by molar-refractivity contribution is 0.473. The normalized spacial score (nSPS) is 12.2. The number of phenols is 1. The Balaban J connectivity index is 2.64. The van der Waals surface area contributed by atoms with Crippen molar-refractivity contribution in [2.45, 2.75) is 58.8 Å². The van der Waals surface area contributed by atoms with Gasteiger partial charge < -0.3 is 5.11 Å². The highest BCUT2D eigenvalue weighted by Gasteiger charge is 2.14. The molecule has 2 heteroatoms. The number of benzene rings is 1. The fraction of sp³-hybridized carbons (Fsp3) is 0.588. The van der Waals surface area contributed by atoms with Crippen molar-refractivity contribution < 1.29 is 5.11 Å². The van der Waals surface area contributed by atoms with E-state index in [9.17, 15) is 5.11 Å². The lowest BCUT2D eigenvalue weighted by Crippen LogP contribution is -2.11. The fourth-order valence-electron chi connectivity index (χ4n) is 1.92. The second kappa shape index (κ2) is 7.32. The Labute approximate surface area is 117 Å². The Morgan fingerprint density at radius 1 is 1.16 bits per heavy atom. The molecule has 0 aliphatic carbocycles. The first-order chi connectivity index (χ1) is 8.95. The maximum Gasteiger partial charge on any atom is 0.124 e. The Hall–Kier alpha value is -1.31. The van der Waals surface area contributed by atoms with E-state index in [0.29, 0.717) is 5.75 Å². The molecule has 0 radical (unpaired) electrons. The number of unbranched alkanes of at least 4 members (excludes halogenated alkanes) is 3. The largest absolute Gasteiger partial charge is 0.507 e. The number of phenolic OH excluding ortho intramolecular Hbond substituents is 1. The van der Waals surface area contributed by atoms with Gasteiger partial charge in [-0.25, -0.2) is 0 Å². The van der Waals surface area contributed by atoms with Crippen LogP contribution in [-0.2, 0) is 5.41 Å². The molecule has 1 aromatic rings. The summed E-state index contributed by atoms with van der Waals surface area (Å²) in [5, 5.41) is 9.85. The lowest BCUT2D eigenvalue weighted by atomic mass is 9.86. The summed E-state index contributed by atoms with van der Waals surface area (Å²) in [4.78, 5) is 4.41. The van der Waals surface area contributed by atoms with Crippen LogP contribution in [0.25, 0.3) is 0 Å². The Morgan fingerprint density at radius 2 is 1.89 bits per heavy atom. The minimum atomic E-state index is 0.0947. The first-order valence-corrected chi connectivity index (χ1v) is 7.28. The van der Waals surface area contributed by atoms with Crippen LogP contribution in [-0.4, -0.2) is 17.9 Å². The quantitative estimate of drug-likeness (QED) is 0.585. The fourth-order valence-corrected chi connectivity index (χ4v) is 1.92. The molecule has 0 saturated heterocycles. The van der Waals surface area contributed by atoms with Gasteiger partial charge in [0.2, 0.25) is 0 Å². The number of rotatable bonds is 6. The van der Waals surface area contributed by atoms with Gasteiger partial charge in [0.1, 0.15) is 5.75 Å². The summed E-state index contributed by atoms with van der Waals surface area (Å²) in [6.07, 6.45) is 6.70. The molecule has 106 valence electrons. The zero-order chi connectivity index (χ0) is 14.3. The molecule has 0 bridgehead atoms. The molecule has 0 spiro atoms. The van der Waals surface area contributed by atoms with Crippen molar-refractivity contribution >= 4 is 6.21 Å². The first-order valence-electron chi connectivity index (χ1n) is 7.28. The van der Waals surface area contributed by atoms with Crippen molar-refractivity contribution in [3.63, 3.8) is 0 Å². The van der Waals surface area contributed by atoms with Gasteiger partial charge in [0.05, 0.1) is 0 Å². The summed E-state index contributed by atoms with van der Waals surface area (Å²) < 4.78 is 0. The van der Waals surface area contributed by atoms with Crippen LogP contribution in [0, 0.1) is 0 Å². The van der Waals surface area contributed by atoms with E-state index in [4.69, 9.17) is 0 Å². The molecule has 0 amide bonds. The first kappa shape index (κ1) is 15.7. The average Bonchev–Trinajstić information content (AvgIpc) is 2.34. The zero-order valence-electron chi connectivity index (χ0n) is 12.7. The third kappa shape index (κ3) is 5.46. The lowest BCUT2D eigenvalue weighted by Gasteiger charge is -2.19. The molecule has 0 heterocycles. The minimum absolute atomic E-state index is 0.0947. The van der Waals surface area contributed by atoms with Crippen molar-refractivity contribution in [3.8, 4) is 5.75 Å². The van der Waals surface area contributed by atoms with E-state index in [1.807, 2.05) is 12.1 Å². The van der Waals surface area contributed by atoms with Gasteiger partial charge in [-0.15, -0.1) is 0 Å². The number of aliphatic imine (C=N–C) groups is 1. The topological polar surface area (TPSA) is 32.6 Å². The van der Waals surface area contributed by atoms with E-state index < -0.39 is 0 Å². The molecule has 0 atom stereocenters. The molecule has 0 aliphatic rings. The molecule has 2 nitrogen and oxygen atoms in total. The summed E-state index contributed by atoms with van der Waals surface area (Å²) in [6, 6.07) is 5.78. The van der Waals surface area contributed by atoms with Crippen molar-refractivity contribution in [1.82, 2.24) is 0 Å². The maximum absolute atomic E-state index is 9.85. The molecule has 1 N–H and O–H groups in total. The van der Waals surface area contributed by atoms with E-state index in [-0.39, 0.29) is 5.41 Å². The molecule has 19 heavy (non-hydrogen) atoms. The summed E-state index contributed by atoms with van der Waals surface area (Å²) in [7, 11) is 0. The monoisotopic (exact) mass is 261 g/mol. The van der Waals surface area contributed by atoms with Crippen molar-refractivity contribution in [2.75, 3.05) is 6.54 Å². The number of nitrogens with zero attached hydrogens (tertiary/aromatic N) is 1. The molecule has 0 fully saturated rings. The zero-order valence-corrected chi connectivity index (χ0v) is 12.7. The van der Waals surface area contributed by atoms with Crippen LogP contribution < -0.4 is 0 Å². The number of hydrogen-bond acceptors (Lipinski definition) is 2. The Kier molecular flexibility index (Phi) is 6.07. The smallest absolute Gasteiger partial charge is 0.124 e. The van der Waals surface area contributed by atoms with Crippen LogP contribution in [0.3, 0.4) is 0 Å². The van der Waals surface area contributed by atoms with Gasteiger partial charge >= 0.3 is 0 Å². The third-order valence-corrected chi connectivity index (χ3v) is 3.26. The van der Waals surface area contributed by atoms with Crippen molar-refractivity contribution in [2.24, 2.45) is 4.99 Å². The van der Waals surface area contributed by atoms with Gasteiger partial charge in [-0.1, -0.05) is 53.0 Å². The van der Waals surface area contributed by atoms with Gasteiger partial charge in [0, 0.05) is 18.3 Å². The van der Waals surface area contributed by atoms with E-state index in [2.05, 4.69) is 32.7 Å². The molecule has 0 unspecified atom stereocenters. The molecule has 0 aromatic heterocycles. The van der Waals surface area contributed by atoms with Crippen LogP contribution in [0.5, 0.6) is 5.75 Å². The summed E-state index contributed by atoms with van der Waals surface area (Å²) in [6.45, 7) is 9.57. The van der Waals surface area contributed by atoms with Crippen molar-refractivity contribution in [1.29, 1.82) is 0 Å². The molecular weight excluding hydrogens is 234 g/mol. The molecular formula is C17H27NO. The highest BCUT2D eigenvalue weighted by Crippen LogP contribution is 2.26. The van der Waals surface area contributed by atoms with Gasteiger partial charge in [-0.05, 0) is 29.5 Å².